The maximum absolute atomic E-state index is 13.5. The second kappa shape index (κ2) is 8.16. The van der Waals surface area contributed by atoms with Crippen LogP contribution in [0.1, 0.15) is 23.1 Å². The lowest BCUT2D eigenvalue weighted by atomic mass is 9.95. The molecule has 0 radical (unpaired) electrons. The number of allylic oxidation sites excluding steroid dienone is 1. The average molecular weight is 419 g/mol. The highest BCUT2D eigenvalue weighted by Gasteiger charge is 2.37. The molecular weight excluding hydrogens is 396 g/mol. The van der Waals surface area contributed by atoms with Gasteiger partial charge in [0.05, 0.1) is 10.6 Å². The third-order valence-electron chi connectivity index (χ3n) is 5.17. The van der Waals surface area contributed by atoms with E-state index in [1.165, 1.54) is 4.31 Å². The molecule has 1 fully saturated rings. The third-order valence-corrected chi connectivity index (χ3v) is 6.98. The Morgan fingerprint density at radius 2 is 1.40 bits per heavy atom. The molecule has 0 spiro atoms. The molecule has 1 saturated heterocycles. The van der Waals surface area contributed by atoms with Crippen molar-refractivity contribution in [3.63, 3.8) is 0 Å². The molecule has 0 aliphatic carbocycles. The van der Waals surface area contributed by atoms with Crippen molar-refractivity contribution in [1.29, 1.82) is 0 Å². The number of hydrogen-bond acceptors (Lipinski definition) is 4. The summed E-state index contributed by atoms with van der Waals surface area (Å²) in [5.41, 5.74) is 4.18. The Balaban J connectivity index is 1.98. The van der Waals surface area contributed by atoms with Crippen molar-refractivity contribution in [3.05, 3.63) is 107 Å². The van der Waals surface area contributed by atoms with E-state index >= 15 is 0 Å². The van der Waals surface area contributed by atoms with E-state index in [2.05, 4.69) is 5.16 Å². The highest BCUT2D eigenvalue weighted by Crippen LogP contribution is 2.36. The van der Waals surface area contributed by atoms with Crippen molar-refractivity contribution in [2.24, 2.45) is 5.16 Å². The maximum atomic E-state index is 13.5. The van der Waals surface area contributed by atoms with Crippen LogP contribution in [-0.4, -0.2) is 30.2 Å². The minimum Gasteiger partial charge on any atom is -0.411 e. The van der Waals surface area contributed by atoms with Crippen molar-refractivity contribution in [3.8, 4) is 0 Å². The first-order valence-corrected chi connectivity index (χ1v) is 11.1. The monoisotopic (exact) mass is 418 g/mol. The Hall–Kier alpha value is -3.38. The van der Waals surface area contributed by atoms with Crippen LogP contribution in [0.4, 0.5) is 0 Å². The Labute approximate surface area is 176 Å². The zero-order valence-corrected chi connectivity index (χ0v) is 17.4. The molecule has 30 heavy (non-hydrogen) atoms. The molecule has 1 N–H and O–H groups in total. The summed E-state index contributed by atoms with van der Waals surface area (Å²) < 4.78 is 28.4. The average Bonchev–Trinajstić information content (AvgIpc) is 3.20. The van der Waals surface area contributed by atoms with E-state index in [-0.39, 0.29) is 11.4 Å². The maximum Gasteiger partial charge on any atom is 0.264 e. The van der Waals surface area contributed by atoms with Gasteiger partial charge in [0.2, 0.25) is 0 Å². The summed E-state index contributed by atoms with van der Waals surface area (Å²) in [7, 11) is -3.83. The highest BCUT2D eigenvalue weighted by atomic mass is 32.2. The van der Waals surface area contributed by atoms with Crippen LogP contribution in [0.25, 0.3) is 5.57 Å². The first-order chi connectivity index (χ1) is 14.5. The van der Waals surface area contributed by atoms with E-state index in [4.69, 9.17) is 0 Å². The second-order valence-corrected chi connectivity index (χ2v) is 9.00. The molecule has 5 nitrogen and oxygen atoms in total. The molecule has 1 aliphatic rings. The van der Waals surface area contributed by atoms with Gasteiger partial charge in [-0.2, -0.15) is 0 Å². The molecule has 1 heterocycles. The van der Waals surface area contributed by atoms with Gasteiger partial charge in [0.15, 0.2) is 0 Å². The third kappa shape index (κ3) is 3.62. The lowest BCUT2D eigenvalue weighted by Crippen LogP contribution is -2.28. The van der Waals surface area contributed by atoms with Gasteiger partial charge in [-0.3, -0.25) is 4.31 Å². The normalized spacial score (nSPS) is 15.6. The largest absolute Gasteiger partial charge is 0.411 e. The molecule has 152 valence electrons. The first-order valence-electron chi connectivity index (χ1n) is 9.68. The minimum atomic E-state index is -3.83. The molecule has 0 unspecified atom stereocenters. The van der Waals surface area contributed by atoms with Gasteiger partial charge in [-0.25, -0.2) is 8.42 Å². The van der Waals surface area contributed by atoms with Gasteiger partial charge in [-0.1, -0.05) is 83.5 Å². The van der Waals surface area contributed by atoms with Crippen molar-refractivity contribution < 1.29 is 13.6 Å². The summed E-state index contributed by atoms with van der Waals surface area (Å²) in [5.74, 6) is 0. The zero-order chi connectivity index (χ0) is 21.1. The van der Waals surface area contributed by atoms with E-state index in [0.717, 1.165) is 22.3 Å². The molecule has 4 rings (SSSR count). The Bertz CT molecular complexity index is 1160. The fraction of sp³-hybridized carbons (Fsp3) is 0.125. The summed E-state index contributed by atoms with van der Waals surface area (Å²) in [5, 5.41) is 13.2. The van der Waals surface area contributed by atoms with Gasteiger partial charge in [0.25, 0.3) is 10.0 Å². The molecule has 0 atom stereocenters. The van der Waals surface area contributed by atoms with E-state index in [1.54, 1.807) is 24.3 Å². The van der Waals surface area contributed by atoms with Crippen LogP contribution in [0.5, 0.6) is 0 Å². The minimum absolute atomic E-state index is 0.213. The standard InChI is InChI=1S/C24H22N2O3S/c1-18-12-14-21(15-13-18)30(28,29)26-17-16-22(25-27)24(26)23(19-8-4-2-5-9-19)20-10-6-3-7-11-20/h2-15,27H,16-17H2,1H3/b25-22+. The van der Waals surface area contributed by atoms with Gasteiger partial charge < -0.3 is 5.21 Å². The van der Waals surface area contributed by atoms with Gasteiger partial charge in [0, 0.05) is 18.5 Å². The molecule has 0 saturated carbocycles. The van der Waals surface area contributed by atoms with Crippen LogP contribution < -0.4 is 0 Å². The molecule has 0 bridgehead atoms. The summed E-state index contributed by atoms with van der Waals surface area (Å²) in [4.78, 5) is 0.213. The second-order valence-electron chi connectivity index (χ2n) is 7.14. The molecule has 3 aromatic carbocycles. The van der Waals surface area contributed by atoms with E-state index in [0.29, 0.717) is 17.8 Å². The molecule has 1 aliphatic heterocycles. The molecule has 0 aromatic heterocycles. The van der Waals surface area contributed by atoms with Crippen molar-refractivity contribution in [1.82, 2.24) is 4.31 Å². The Morgan fingerprint density at radius 3 is 1.90 bits per heavy atom. The molecule has 0 amide bonds. The summed E-state index contributed by atoms with van der Waals surface area (Å²) in [6, 6.07) is 25.9. The van der Waals surface area contributed by atoms with Gasteiger partial charge in [0.1, 0.15) is 5.71 Å². The van der Waals surface area contributed by atoms with Crippen LogP contribution in [0, 0.1) is 6.92 Å². The fourth-order valence-corrected chi connectivity index (χ4v) is 5.18. The van der Waals surface area contributed by atoms with Gasteiger partial charge in [-0.05, 0) is 30.2 Å². The number of hydrogen-bond donors (Lipinski definition) is 1. The van der Waals surface area contributed by atoms with E-state index in [1.807, 2.05) is 67.6 Å². The van der Waals surface area contributed by atoms with Crippen LogP contribution in [-0.2, 0) is 10.0 Å². The van der Waals surface area contributed by atoms with Gasteiger partial charge >= 0.3 is 0 Å². The Morgan fingerprint density at radius 1 is 0.867 bits per heavy atom. The first kappa shape index (κ1) is 19.9. The number of aryl methyl sites for hydroxylation is 1. The molecule has 3 aromatic rings. The van der Waals surface area contributed by atoms with Gasteiger partial charge in [-0.15, -0.1) is 0 Å². The van der Waals surface area contributed by atoms with Crippen molar-refractivity contribution >= 4 is 21.3 Å². The quantitative estimate of drug-likeness (QED) is 0.494. The topological polar surface area (TPSA) is 70.0 Å². The number of rotatable bonds is 4. The lowest BCUT2D eigenvalue weighted by Gasteiger charge is -2.23. The molecule has 6 heteroatoms. The number of oxime groups is 1. The lowest BCUT2D eigenvalue weighted by molar-refractivity contribution is 0.318. The zero-order valence-electron chi connectivity index (χ0n) is 16.6. The van der Waals surface area contributed by atoms with Crippen LogP contribution in [0.2, 0.25) is 0 Å². The summed E-state index contributed by atoms with van der Waals surface area (Å²) >= 11 is 0. The molecular formula is C24H22N2O3S. The van der Waals surface area contributed by atoms with Crippen molar-refractivity contribution in [2.75, 3.05) is 6.54 Å². The van der Waals surface area contributed by atoms with Crippen molar-refractivity contribution in [2.45, 2.75) is 18.2 Å². The number of benzene rings is 3. The number of sulfonamides is 1. The Kier molecular flexibility index (Phi) is 5.42. The predicted molar refractivity (Wildman–Crippen MR) is 118 cm³/mol. The van der Waals surface area contributed by atoms with E-state index < -0.39 is 10.0 Å². The smallest absolute Gasteiger partial charge is 0.264 e. The summed E-state index contributed by atoms with van der Waals surface area (Å²) in [6.07, 6.45) is 0.333. The van der Waals surface area contributed by atoms with Crippen LogP contribution >= 0.6 is 0 Å². The fourth-order valence-electron chi connectivity index (χ4n) is 3.68. The van der Waals surface area contributed by atoms with E-state index in [9.17, 15) is 13.6 Å². The summed E-state index contributed by atoms with van der Waals surface area (Å²) in [6.45, 7) is 2.13. The SMILES string of the molecule is Cc1ccc(S(=O)(=O)N2CC/C(=N\O)C2=C(c2ccccc2)c2ccccc2)cc1. The highest BCUT2D eigenvalue weighted by molar-refractivity contribution is 7.89. The predicted octanol–water partition coefficient (Wildman–Crippen LogP) is 4.68. The van der Waals surface area contributed by atoms with Crippen LogP contribution in [0.3, 0.4) is 0 Å². The van der Waals surface area contributed by atoms with Crippen LogP contribution in [0.15, 0.2) is 101 Å². The number of nitrogens with zero attached hydrogens (tertiary/aromatic N) is 2.